The van der Waals surface area contributed by atoms with Crippen LogP contribution in [0.5, 0.6) is 11.6 Å². The van der Waals surface area contributed by atoms with Gasteiger partial charge in [0.1, 0.15) is 0 Å². The monoisotopic (exact) mass is 345 g/mol. The van der Waals surface area contributed by atoms with Crippen molar-refractivity contribution in [3.63, 3.8) is 0 Å². The fraction of sp³-hybridized carbons (Fsp3) is 0.308. The van der Waals surface area contributed by atoms with Gasteiger partial charge in [0.05, 0.1) is 5.69 Å². The molecule has 0 amide bonds. The highest BCUT2D eigenvalue weighted by molar-refractivity contribution is 9.10. The Labute approximate surface area is 123 Å². The first-order valence-electron chi connectivity index (χ1n) is 5.99. The molecule has 0 aliphatic heterocycles. The van der Waals surface area contributed by atoms with E-state index in [0.717, 1.165) is 17.3 Å². The molecule has 0 spiro atoms. The van der Waals surface area contributed by atoms with Crippen molar-refractivity contribution in [1.29, 1.82) is 0 Å². The maximum absolute atomic E-state index is 13.7. The second-order valence-electron chi connectivity index (χ2n) is 4.33. The van der Waals surface area contributed by atoms with Gasteiger partial charge in [0.25, 0.3) is 0 Å². The second kappa shape index (κ2) is 5.88. The smallest absolute Gasteiger partial charge is 0.221 e. The summed E-state index contributed by atoms with van der Waals surface area (Å²) in [7, 11) is 1.68. The van der Waals surface area contributed by atoms with Crippen molar-refractivity contribution in [2.75, 3.05) is 6.54 Å². The first kappa shape index (κ1) is 14.9. The van der Waals surface area contributed by atoms with Gasteiger partial charge in [-0.05, 0) is 32.0 Å². The lowest BCUT2D eigenvalue weighted by atomic mass is 10.2. The Balaban J connectivity index is 2.45. The number of rotatable bonds is 4. The summed E-state index contributed by atoms with van der Waals surface area (Å²) in [6.45, 7) is 2.23. The van der Waals surface area contributed by atoms with E-state index in [1.165, 1.54) is 10.7 Å². The summed E-state index contributed by atoms with van der Waals surface area (Å²) in [5, 5.41) is 4.21. The minimum Gasteiger partial charge on any atom is -0.436 e. The highest BCUT2D eigenvalue weighted by Crippen LogP contribution is 2.32. The van der Waals surface area contributed by atoms with Crippen LogP contribution in [0.1, 0.15) is 11.3 Å². The Morgan fingerprint density at radius 1 is 1.40 bits per heavy atom. The third kappa shape index (κ3) is 2.83. The summed E-state index contributed by atoms with van der Waals surface area (Å²) >= 11 is 3.10. The number of hydrogen-bond donors (Lipinski definition) is 1. The van der Waals surface area contributed by atoms with Gasteiger partial charge >= 0.3 is 0 Å². The third-order valence-corrected chi connectivity index (χ3v) is 3.31. The zero-order valence-corrected chi connectivity index (χ0v) is 12.7. The van der Waals surface area contributed by atoms with E-state index in [1.54, 1.807) is 7.05 Å². The molecule has 0 fully saturated rings. The van der Waals surface area contributed by atoms with Crippen molar-refractivity contribution in [1.82, 2.24) is 9.78 Å². The minimum atomic E-state index is -1.04. The standard InChI is InChI=1S/C13H14BrF2N3O/c1-7-9(3-4-17)13(19(2)18-7)20-11-6-8(14)5-10(15)12(11)16/h5-6H,3-4,17H2,1-2H3. The van der Waals surface area contributed by atoms with Gasteiger partial charge in [-0.25, -0.2) is 9.07 Å². The normalized spacial score (nSPS) is 10.9. The number of benzene rings is 1. The molecule has 2 N–H and O–H groups in total. The van der Waals surface area contributed by atoms with Gasteiger partial charge in [0.15, 0.2) is 11.6 Å². The number of nitrogens with two attached hydrogens (primary N) is 1. The predicted molar refractivity (Wildman–Crippen MR) is 74.8 cm³/mol. The van der Waals surface area contributed by atoms with E-state index in [1.807, 2.05) is 6.92 Å². The van der Waals surface area contributed by atoms with Gasteiger partial charge in [-0.3, -0.25) is 0 Å². The van der Waals surface area contributed by atoms with E-state index in [0.29, 0.717) is 23.3 Å². The van der Waals surface area contributed by atoms with Gasteiger partial charge in [-0.15, -0.1) is 0 Å². The maximum atomic E-state index is 13.7. The fourth-order valence-electron chi connectivity index (χ4n) is 1.95. The molecule has 20 heavy (non-hydrogen) atoms. The van der Waals surface area contributed by atoms with Crippen molar-refractivity contribution in [3.05, 3.63) is 39.5 Å². The van der Waals surface area contributed by atoms with Crippen molar-refractivity contribution in [2.45, 2.75) is 13.3 Å². The number of aromatic nitrogens is 2. The molecule has 0 unspecified atom stereocenters. The molecule has 1 heterocycles. The maximum Gasteiger partial charge on any atom is 0.221 e. The van der Waals surface area contributed by atoms with Gasteiger partial charge in [0, 0.05) is 17.1 Å². The number of halogens is 3. The van der Waals surface area contributed by atoms with E-state index in [2.05, 4.69) is 21.0 Å². The van der Waals surface area contributed by atoms with Crippen LogP contribution in [0.25, 0.3) is 0 Å². The highest BCUT2D eigenvalue weighted by Gasteiger charge is 2.18. The first-order valence-corrected chi connectivity index (χ1v) is 6.78. The summed E-state index contributed by atoms with van der Waals surface area (Å²) in [5.41, 5.74) is 7.09. The van der Waals surface area contributed by atoms with E-state index in [4.69, 9.17) is 10.5 Å². The van der Waals surface area contributed by atoms with Crippen LogP contribution in [0.4, 0.5) is 8.78 Å². The quantitative estimate of drug-likeness (QED) is 0.866. The van der Waals surface area contributed by atoms with E-state index in [9.17, 15) is 8.78 Å². The molecule has 0 atom stereocenters. The summed E-state index contributed by atoms with van der Waals surface area (Å²) in [5.74, 6) is -1.85. The average Bonchev–Trinajstić information content (AvgIpc) is 2.62. The molecule has 2 aromatic rings. The van der Waals surface area contributed by atoms with E-state index < -0.39 is 11.6 Å². The lowest BCUT2D eigenvalue weighted by molar-refractivity contribution is 0.384. The van der Waals surface area contributed by atoms with Crippen LogP contribution in [0.15, 0.2) is 16.6 Å². The van der Waals surface area contributed by atoms with E-state index >= 15 is 0 Å². The molecular weight excluding hydrogens is 332 g/mol. The molecule has 108 valence electrons. The largest absolute Gasteiger partial charge is 0.436 e. The Bertz CT molecular complexity index is 643. The van der Waals surface area contributed by atoms with Crippen LogP contribution >= 0.6 is 15.9 Å². The van der Waals surface area contributed by atoms with Crippen molar-refractivity contribution < 1.29 is 13.5 Å². The van der Waals surface area contributed by atoms with Gasteiger partial charge in [-0.1, -0.05) is 15.9 Å². The molecule has 0 radical (unpaired) electrons. The topological polar surface area (TPSA) is 53.1 Å². The lowest BCUT2D eigenvalue weighted by Gasteiger charge is -2.10. The summed E-state index contributed by atoms with van der Waals surface area (Å²) in [6.07, 6.45) is 0.549. The van der Waals surface area contributed by atoms with Gasteiger partial charge in [-0.2, -0.15) is 9.49 Å². The number of hydrogen-bond acceptors (Lipinski definition) is 3. The molecule has 0 aliphatic rings. The fourth-order valence-corrected chi connectivity index (χ4v) is 2.36. The van der Waals surface area contributed by atoms with Crippen LogP contribution in [0.2, 0.25) is 0 Å². The number of ether oxygens (including phenoxy) is 1. The molecule has 0 bridgehead atoms. The zero-order chi connectivity index (χ0) is 14.9. The summed E-state index contributed by atoms with van der Waals surface area (Å²) < 4.78 is 34.5. The molecular formula is C13H14BrF2N3O. The predicted octanol–water partition coefficient (Wildman–Crippen LogP) is 3.06. The molecule has 0 saturated carbocycles. The Hall–Kier alpha value is -1.47. The van der Waals surface area contributed by atoms with Crippen LogP contribution in [0, 0.1) is 18.6 Å². The van der Waals surface area contributed by atoms with Crippen LogP contribution in [-0.4, -0.2) is 16.3 Å². The molecule has 7 heteroatoms. The van der Waals surface area contributed by atoms with Crippen LogP contribution in [-0.2, 0) is 13.5 Å². The third-order valence-electron chi connectivity index (χ3n) is 2.85. The molecule has 4 nitrogen and oxygen atoms in total. The van der Waals surface area contributed by atoms with Crippen LogP contribution < -0.4 is 10.5 Å². The summed E-state index contributed by atoms with van der Waals surface area (Å²) in [4.78, 5) is 0. The Kier molecular flexibility index (Phi) is 4.39. The molecule has 1 aromatic carbocycles. The summed E-state index contributed by atoms with van der Waals surface area (Å²) in [6, 6.07) is 2.41. The number of nitrogens with zero attached hydrogens (tertiary/aromatic N) is 2. The molecule has 2 rings (SSSR count). The number of aryl methyl sites for hydroxylation is 2. The van der Waals surface area contributed by atoms with Gasteiger partial charge < -0.3 is 10.5 Å². The zero-order valence-electron chi connectivity index (χ0n) is 11.1. The minimum absolute atomic E-state index is 0.196. The van der Waals surface area contributed by atoms with E-state index in [-0.39, 0.29) is 5.75 Å². The van der Waals surface area contributed by atoms with Crippen molar-refractivity contribution in [3.8, 4) is 11.6 Å². The van der Waals surface area contributed by atoms with Gasteiger partial charge in [0.2, 0.25) is 11.7 Å². The molecule has 0 aliphatic carbocycles. The molecule has 1 aromatic heterocycles. The second-order valence-corrected chi connectivity index (χ2v) is 5.25. The van der Waals surface area contributed by atoms with Crippen molar-refractivity contribution >= 4 is 15.9 Å². The SMILES string of the molecule is Cc1nn(C)c(Oc2cc(Br)cc(F)c2F)c1CCN. The molecule has 0 saturated heterocycles. The first-order chi connectivity index (χ1) is 9.43. The lowest BCUT2D eigenvalue weighted by Crippen LogP contribution is -2.05. The Morgan fingerprint density at radius 2 is 2.10 bits per heavy atom. The van der Waals surface area contributed by atoms with Crippen molar-refractivity contribution in [2.24, 2.45) is 12.8 Å². The average molecular weight is 346 g/mol. The Morgan fingerprint density at radius 3 is 2.75 bits per heavy atom. The highest BCUT2D eigenvalue weighted by atomic mass is 79.9. The van der Waals surface area contributed by atoms with Crippen LogP contribution in [0.3, 0.4) is 0 Å².